The molecule has 0 radical (unpaired) electrons. The van der Waals surface area contributed by atoms with Crippen LogP contribution in [0.15, 0.2) is 41.2 Å². The van der Waals surface area contributed by atoms with E-state index in [4.69, 9.17) is 26.0 Å². The Morgan fingerprint density at radius 2 is 1.94 bits per heavy atom. The standard InChI is InChI=1S/C21H22N4O6/c1-3-30-16-8-11(4-5-15(16)19-24-18(23)17(22)20(27)25-19)12-6-13(26)9-14(7-12)31-10(2)21(28)29/h4-10,26H,3,22H2,1-2H3,(H,28,29)(H3,23,24,25,27). The Hall–Kier alpha value is -4.21. The Balaban J connectivity index is 2.06. The summed E-state index contributed by atoms with van der Waals surface area (Å²) in [5.74, 6) is -0.502. The Bertz CT molecular complexity index is 1190. The minimum Gasteiger partial charge on any atom is -0.508 e. The molecule has 0 saturated carbocycles. The molecule has 0 aliphatic rings. The van der Waals surface area contributed by atoms with E-state index in [1.54, 1.807) is 31.2 Å². The van der Waals surface area contributed by atoms with Gasteiger partial charge in [-0.05, 0) is 49.2 Å². The molecule has 3 aromatic rings. The average Bonchev–Trinajstić information content (AvgIpc) is 2.71. The summed E-state index contributed by atoms with van der Waals surface area (Å²) in [6.07, 6.45) is -1.09. The van der Waals surface area contributed by atoms with Crippen molar-refractivity contribution < 1.29 is 24.5 Å². The van der Waals surface area contributed by atoms with E-state index in [2.05, 4.69) is 9.97 Å². The summed E-state index contributed by atoms with van der Waals surface area (Å²) in [6, 6.07) is 9.54. The first kappa shape index (κ1) is 21.5. The molecule has 162 valence electrons. The second-order valence-electron chi connectivity index (χ2n) is 6.67. The molecule has 0 bridgehead atoms. The van der Waals surface area contributed by atoms with Crippen LogP contribution in [-0.4, -0.2) is 38.9 Å². The maximum absolute atomic E-state index is 12.0. The molecule has 1 atom stereocenters. The number of H-pyrrole nitrogens is 1. The van der Waals surface area contributed by atoms with Gasteiger partial charge in [0.2, 0.25) is 0 Å². The molecule has 0 amide bonds. The number of nitrogens with two attached hydrogens (primary N) is 2. The van der Waals surface area contributed by atoms with E-state index in [0.717, 1.165) is 0 Å². The normalized spacial score (nSPS) is 11.7. The van der Waals surface area contributed by atoms with E-state index in [9.17, 15) is 14.7 Å². The minimum absolute atomic E-state index is 0.0902. The molecule has 0 aliphatic heterocycles. The maximum Gasteiger partial charge on any atom is 0.344 e. The Morgan fingerprint density at radius 1 is 1.19 bits per heavy atom. The van der Waals surface area contributed by atoms with Crippen LogP contribution in [0.1, 0.15) is 13.8 Å². The summed E-state index contributed by atoms with van der Waals surface area (Å²) in [5, 5.41) is 19.1. The predicted molar refractivity (Wildman–Crippen MR) is 115 cm³/mol. The molecule has 1 heterocycles. The number of carboxylic acid groups (broad SMARTS) is 1. The number of aliphatic carboxylic acids is 1. The van der Waals surface area contributed by atoms with Gasteiger partial charge in [-0.15, -0.1) is 0 Å². The van der Waals surface area contributed by atoms with Crippen molar-refractivity contribution in [3.05, 3.63) is 46.8 Å². The first-order chi connectivity index (χ1) is 14.7. The highest BCUT2D eigenvalue weighted by Crippen LogP contribution is 2.36. The number of aromatic amines is 1. The maximum atomic E-state index is 12.0. The molecule has 3 rings (SSSR count). The molecule has 2 aromatic carbocycles. The van der Waals surface area contributed by atoms with Gasteiger partial charge in [-0.2, -0.15) is 0 Å². The number of rotatable bonds is 7. The monoisotopic (exact) mass is 426 g/mol. The van der Waals surface area contributed by atoms with Crippen LogP contribution in [-0.2, 0) is 4.79 Å². The first-order valence-electron chi connectivity index (χ1n) is 9.36. The lowest BCUT2D eigenvalue weighted by Gasteiger charge is -2.15. The van der Waals surface area contributed by atoms with Crippen LogP contribution >= 0.6 is 0 Å². The van der Waals surface area contributed by atoms with E-state index in [1.807, 2.05) is 0 Å². The van der Waals surface area contributed by atoms with Crippen LogP contribution in [0.5, 0.6) is 17.2 Å². The molecule has 10 nitrogen and oxygen atoms in total. The summed E-state index contributed by atoms with van der Waals surface area (Å²) in [5.41, 5.74) is 12.3. The third kappa shape index (κ3) is 4.69. The van der Waals surface area contributed by atoms with Gasteiger partial charge < -0.3 is 36.1 Å². The fourth-order valence-corrected chi connectivity index (χ4v) is 2.87. The second-order valence-corrected chi connectivity index (χ2v) is 6.67. The minimum atomic E-state index is -1.13. The lowest BCUT2D eigenvalue weighted by atomic mass is 10.0. The number of anilines is 2. The molecule has 10 heteroatoms. The number of aromatic hydroxyl groups is 1. The van der Waals surface area contributed by atoms with Crippen molar-refractivity contribution in [2.45, 2.75) is 20.0 Å². The van der Waals surface area contributed by atoms with E-state index in [0.29, 0.717) is 29.0 Å². The van der Waals surface area contributed by atoms with Gasteiger partial charge in [-0.1, -0.05) is 6.07 Å². The number of phenolic OH excluding ortho intramolecular Hbond substituents is 1. The molecule has 0 fully saturated rings. The van der Waals surface area contributed by atoms with Crippen molar-refractivity contribution in [1.82, 2.24) is 9.97 Å². The van der Waals surface area contributed by atoms with Crippen molar-refractivity contribution in [2.24, 2.45) is 0 Å². The zero-order valence-corrected chi connectivity index (χ0v) is 16.9. The Morgan fingerprint density at radius 3 is 2.58 bits per heavy atom. The van der Waals surface area contributed by atoms with Crippen LogP contribution in [0.3, 0.4) is 0 Å². The molecule has 1 unspecified atom stereocenters. The van der Waals surface area contributed by atoms with Crippen LogP contribution < -0.4 is 26.5 Å². The van der Waals surface area contributed by atoms with Crippen molar-refractivity contribution in [2.75, 3.05) is 18.1 Å². The van der Waals surface area contributed by atoms with Crippen LogP contribution in [0, 0.1) is 0 Å². The number of aromatic nitrogens is 2. The van der Waals surface area contributed by atoms with Gasteiger partial charge in [0.15, 0.2) is 11.9 Å². The molecule has 7 N–H and O–H groups in total. The zero-order valence-electron chi connectivity index (χ0n) is 16.9. The highest BCUT2D eigenvalue weighted by atomic mass is 16.5. The molecular weight excluding hydrogens is 404 g/mol. The molecule has 0 saturated heterocycles. The van der Waals surface area contributed by atoms with Crippen LogP contribution in [0.2, 0.25) is 0 Å². The number of benzene rings is 2. The molecule has 0 spiro atoms. The summed E-state index contributed by atoms with van der Waals surface area (Å²) >= 11 is 0. The molecule has 1 aromatic heterocycles. The third-order valence-corrected chi connectivity index (χ3v) is 4.41. The van der Waals surface area contributed by atoms with Crippen molar-refractivity contribution in [3.63, 3.8) is 0 Å². The van der Waals surface area contributed by atoms with Crippen molar-refractivity contribution in [3.8, 4) is 39.8 Å². The SMILES string of the molecule is CCOc1cc(-c2cc(O)cc(OC(C)C(=O)O)c2)ccc1-c1nc(N)c(N)c(=O)[nH]1. The number of nitrogen functional groups attached to an aromatic ring is 2. The van der Waals surface area contributed by atoms with Gasteiger partial charge in [-0.3, -0.25) is 4.79 Å². The fourth-order valence-electron chi connectivity index (χ4n) is 2.87. The smallest absolute Gasteiger partial charge is 0.344 e. The van der Waals surface area contributed by atoms with E-state index in [-0.39, 0.29) is 28.8 Å². The summed E-state index contributed by atoms with van der Waals surface area (Å²) in [7, 11) is 0. The summed E-state index contributed by atoms with van der Waals surface area (Å²) < 4.78 is 11.1. The summed E-state index contributed by atoms with van der Waals surface area (Å²) in [4.78, 5) is 29.7. The number of phenols is 1. The zero-order chi connectivity index (χ0) is 22.7. The van der Waals surface area contributed by atoms with Gasteiger partial charge in [-0.25, -0.2) is 9.78 Å². The number of carboxylic acids is 1. The Kier molecular flexibility index (Phi) is 6.00. The largest absolute Gasteiger partial charge is 0.508 e. The second kappa shape index (κ2) is 8.66. The highest BCUT2D eigenvalue weighted by molar-refractivity contribution is 5.76. The van der Waals surface area contributed by atoms with E-state index < -0.39 is 17.6 Å². The average molecular weight is 426 g/mol. The highest BCUT2D eigenvalue weighted by Gasteiger charge is 2.16. The van der Waals surface area contributed by atoms with Gasteiger partial charge in [0, 0.05) is 6.07 Å². The number of hydrogen-bond donors (Lipinski definition) is 5. The third-order valence-electron chi connectivity index (χ3n) is 4.41. The lowest BCUT2D eigenvalue weighted by Crippen LogP contribution is -2.22. The predicted octanol–water partition coefficient (Wildman–Crippen LogP) is 2.22. The number of nitrogens with zero attached hydrogens (tertiary/aromatic N) is 1. The number of carbonyl (C=O) groups is 1. The first-order valence-corrected chi connectivity index (χ1v) is 9.36. The molecule has 31 heavy (non-hydrogen) atoms. The molecule has 0 aliphatic carbocycles. The van der Waals surface area contributed by atoms with Crippen molar-refractivity contribution >= 4 is 17.5 Å². The van der Waals surface area contributed by atoms with Gasteiger partial charge >= 0.3 is 5.97 Å². The van der Waals surface area contributed by atoms with E-state index >= 15 is 0 Å². The number of ether oxygens (including phenoxy) is 2. The number of hydrogen-bond acceptors (Lipinski definition) is 8. The summed E-state index contributed by atoms with van der Waals surface area (Å²) in [6.45, 7) is 3.54. The van der Waals surface area contributed by atoms with Gasteiger partial charge in [0.05, 0.1) is 12.2 Å². The molecular formula is C21H22N4O6. The number of nitrogens with one attached hydrogen (secondary N) is 1. The van der Waals surface area contributed by atoms with Crippen LogP contribution in [0.4, 0.5) is 11.5 Å². The van der Waals surface area contributed by atoms with Crippen molar-refractivity contribution in [1.29, 1.82) is 0 Å². The Labute approximate surface area is 177 Å². The van der Waals surface area contributed by atoms with Gasteiger partial charge in [0.1, 0.15) is 28.8 Å². The quantitative estimate of drug-likeness (QED) is 0.379. The van der Waals surface area contributed by atoms with Crippen LogP contribution in [0.25, 0.3) is 22.5 Å². The topological polar surface area (TPSA) is 174 Å². The fraction of sp³-hybridized carbons (Fsp3) is 0.190. The lowest BCUT2D eigenvalue weighted by molar-refractivity contribution is -0.144. The van der Waals surface area contributed by atoms with E-state index in [1.165, 1.54) is 19.1 Å². The van der Waals surface area contributed by atoms with Gasteiger partial charge in [0.25, 0.3) is 5.56 Å².